The Labute approximate surface area is 144 Å². The number of carbonyl (C=O) groups is 1. The first-order valence-electron chi connectivity index (χ1n) is 7.81. The number of carboxylic acids is 1. The zero-order valence-electron chi connectivity index (χ0n) is 12.7. The summed E-state index contributed by atoms with van der Waals surface area (Å²) in [5.74, 6) is -0.737. The number of likely N-dealkylation sites (tertiary alicyclic amines) is 1. The van der Waals surface area contributed by atoms with Crippen LogP contribution in [0.4, 0.5) is 0 Å². The van der Waals surface area contributed by atoms with Crippen LogP contribution >= 0.6 is 15.9 Å². The Morgan fingerprint density at radius 3 is 2.70 bits per heavy atom. The van der Waals surface area contributed by atoms with E-state index in [-0.39, 0.29) is 6.04 Å². The molecule has 1 aromatic carbocycles. The molecule has 0 spiro atoms. The number of nitrogens with zero attached hydrogens (tertiary/aromatic N) is 2. The highest BCUT2D eigenvalue weighted by molar-refractivity contribution is 9.10. The van der Waals surface area contributed by atoms with Gasteiger partial charge in [0, 0.05) is 16.9 Å². The van der Waals surface area contributed by atoms with Crippen molar-refractivity contribution in [1.29, 1.82) is 0 Å². The van der Waals surface area contributed by atoms with Crippen molar-refractivity contribution in [2.45, 2.75) is 31.3 Å². The summed E-state index contributed by atoms with van der Waals surface area (Å²) in [7, 11) is 0. The summed E-state index contributed by atoms with van der Waals surface area (Å²) in [5.41, 5.74) is 2.17. The van der Waals surface area contributed by atoms with Crippen LogP contribution in [0.3, 0.4) is 0 Å². The number of rotatable bonds is 4. The summed E-state index contributed by atoms with van der Waals surface area (Å²) < 4.78 is 0.998. The number of halogens is 1. The minimum absolute atomic E-state index is 0.0723. The Morgan fingerprint density at radius 1 is 1.22 bits per heavy atom. The van der Waals surface area contributed by atoms with Crippen molar-refractivity contribution in [3.63, 3.8) is 0 Å². The van der Waals surface area contributed by atoms with Crippen molar-refractivity contribution >= 4 is 21.9 Å². The smallest absolute Gasteiger partial charge is 0.320 e. The van der Waals surface area contributed by atoms with Crippen LogP contribution in [0.5, 0.6) is 0 Å². The fraction of sp³-hybridized carbons (Fsp3) is 0.333. The summed E-state index contributed by atoms with van der Waals surface area (Å²) in [6.07, 6.45) is 6.22. The van der Waals surface area contributed by atoms with E-state index in [0.717, 1.165) is 35.0 Å². The first-order valence-corrected chi connectivity index (χ1v) is 8.60. The summed E-state index contributed by atoms with van der Waals surface area (Å²) in [4.78, 5) is 17.9. The Balaban J connectivity index is 2.06. The molecule has 2 aromatic rings. The lowest BCUT2D eigenvalue weighted by Gasteiger charge is -2.39. The lowest BCUT2D eigenvalue weighted by atomic mass is 9.92. The van der Waals surface area contributed by atoms with Crippen LogP contribution in [0.2, 0.25) is 0 Å². The van der Waals surface area contributed by atoms with Crippen LogP contribution in [0.15, 0.2) is 53.3 Å². The van der Waals surface area contributed by atoms with Crippen molar-refractivity contribution in [3.05, 3.63) is 64.4 Å². The lowest BCUT2D eigenvalue weighted by molar-refractivity contribution is -0.145. The monoisotopic (exact) mass is 374 g/mol. The second-order valence-electron chi connectivity index (χ2n) is 5.83. The largest absolute Gasteiger partial charge is 0.480 e. The molecule has 120 valence electrons. The molecule has 2 atom stereocenters. The van der Waals surface area contributed by atoms with Crippen LogP contribution in [-0.2, 0) is 4.79 Å². The molecule has 0 radical (unpaired) electrons. The summed E-state index contributed by atoms with van der Waals surface area (Å²) in [6.45, 7) is 0.788. The second kappa shape index (κ2) is 7.23. The van der Waals surface area contributed by atoms with Crippen LogP contribution in [-0.4, -0.2) is 33.5 Å². The quantitative estimate of drug-likeness (QED) is 0.882. The molecular weight excluding hydrogens is 356 g/mol. The summed E-state index contributed by atoms with van der Waals surface area (Å²) >= 11 is 3.52. The number of pyridine rings is 1. The molecule has 2 heterocycles. The van der Waals surface area contributed by atoms with Gasteiger partial charge in [0.1, 0.15) is 6.04 Å². The molecule has 5 heteroatoms. The summed E-state index contributed by atoms with van der Waals surface area (Å²) in [5, 5.41) is 9.64. The van der Waals surface area contributed by atoms with Gasteiger partial charge in [-0.15, -0.1) is 0 Å². The zero-order valence-corrected chi connectivity index (χ0v) is 14.3. The van der Waals surface area contributed by atoms with E-state index in [1.54, 1.807) is 12.4 Å². The first kappa shape index (κ1) is 16.1. The van der Waals surface area contributed by atoms with Gasteiger partial charge in [0.05, 0.1) is 6.04 Å². The van der Waals surface area contributed by atoms with E-state index in [1.807, 2.05) is 24.3 Å². The molecule has 1 fully saturated rings. The highest BCUT2D eigenvalue weighted by Crippen LogP contribution is 2.34. The Morgan fingerprint density at radius 2 is 2.00 bits per heavy atom. The molecule has 1 aliphatic heterocycles. The van der Waals surface area contributed by atoms with Crippen molar-refractivity contribution in [3.8, 4) is 0 Å². The van der Waals surface area contributed by atoms with Gasteiger partial charge in [-0.1, -0.05) is 34.5 Å². The maximum Gasteiger partial charge on any atom is 0.320 e. The standard InChI is InChI=1S/C18H19BrN2O2/c19-15-5-3-4-14(12-15)17(13-7-9-20-10-8-13)21-11-2-1-6-16(21)18(22)23/h3-5,7-10,12,16-17H,1-2,6,11H2,(H,22,23). The van der Waals surface area contributed by atoms with E-state index in [2.05, 4.69) is 37.9 Å². The third-order valence-electron chi connectivity index (χ3n) is 4.35. The molecule has 3 rings (SSSR count). The molecule has 2 unspecified atom stereocenters. The molecule has 23 heavy (non-hydrogen) atoms. The highest BCUT2D eigenvalue weighted by Gasteiger charge is 2.35. The number of hydrogen-bond acceptors (Lipinski definition) is 3. The minimum Gasteiger partial charge on any atom is -0.480 e. The van der Waals surface area contributed by atoms with E-state index in [9.17, 15) is 9.90 Å². The number of aromatic nitrogens is 1. The second-order valence-corrected chi connectivity index (χ2v) is 6.74. The van der Waals surface area contributed by atoms with Gasteiger partial charge in [-0.05, 0) is 54.8 Å². The van der Waals surface area contributed by atoms with Crippen molar-refractivity contribution < 1.29 is 9.90 Å². The average Bonchev–Trinajstić information content (AvgIpc) is 2.56. The number of hydrogen-bond donors (Lipinski definition) is 1. The third kappa shape index (κ3) is 3.62. The fourth-order valence-corrected chi connectivity index (χ4v) is 3.74. The molecule has 0 amide bonds. The highest BCUT2D eigenvalue weighted by atomic mass is 79.9. The van der Waals surface area contributed by atoms with Gasteiger partial charge in [-0.2, -0.15) is 0 Å². The number of piperidine rings is 1. The molecule has 4 nitrogen and oxygen atoms in total. The minimum atomic E-state index is -0.737. The van der Waals surface area contributed by atoms with Gasteiger partial charge in [0.2, 0.25) is 0 Å². The van der Waals surface area contributed by atoms with Crippen molar-refractivity contribution in [1.82, 2.24) is 9.88 Å². The SMILES string of the molecule is O=C(O)C1CCCCN1C(c1ccncc1)c1cccc(Br)c1. The number of aliphatic carboxylic acids is 1. The molecular formula is C18H19BrN2O2. The van der Waals surface area contributed by atoms with Gasteiger partial charge >= 0.3 is 5.97 Å². The van der Waals surface area contributed by atoms with E-state index in [1.165, 1.54) is 0 Å². The Kier molecular flexibility index (Phi) is 5.08. The zero-order chi connectivity index (χ0) is 16.2. The lowest BCUT2D eigenvalue weighted by Crippen LogP contribution is -2.46. The predicted octanol–water partition coefficient (Wildman–Crippen LogP) is 3.87. The van der Waals surface area contributed by atoms with Gasteiger partial charge in [-0.25, -0.2) is 0 Å². The maximum atomic E-state index is 11.7. The van der Waals surface area contributed by atoms with Gasteiger partial charge in [0.15, 0.2) is 0 Å². The number of benzene rings is 1. The fourth-order valence-electron chi connectivity index (χ4n) is 3.33. The topological polar surface area (TPSA) is 53.4 Å². The maximum absolute atomic E-state index is 11.7. The van der Waals surface area contributed by atoms with E-state index >= 15 is 0 Å². The van der Waals surface area contributed by atoms with Gasteiger partial charge in [-0.3, -0.25) is 14.7 Å². The Bertz CT molecular complexity index is 678. The van der Waals surface area contributed by atoms with Crippen molar-refractivity contribution in [2.75, 3.05) is 6.54 Å². The normalized spacial score (nSPS) is 20.1. The van der Waals surface area contributed by atoms with E-state index in [0.29, 0.717) is 6.42 Å². The van der Waals surface area contributed by atoms with Crippen LogP contribution in [0, 0.1) is 0 Å². The summed E-state index contributed by atoms with van der Waals surface area (Å²) in [6, 6.07) is 11.5. The molecule has 1 saturated heterocycles. The third-order valence-corrected chi connectivity index (χ3v) is 4.84. The van der Waals surface area contributed by atoms with E-state index in [4.69, 9.17) is 0 Å². The first-order chi connectivity index (χ1) is 11.2. The van der Waals surface area contributed by atoms with Crippen LogP contribution in [0.1, 0.15) is 36.4 Å². The molecule has 0 saturated carbocycles. The van der Waals surface area contributed by atoms with Crippen molar-refractivity contribution in [2.24, 2.45) is 0 Å². The van der Waals surface area contributed by atoms with Crippen LogP contribution in [0.25, 0.3) is 0 Å². The molecule has 1 N–H and O–H groups in total. The Hall–Kier alpha value is -1.72. The molecule has 0 aliphatic carbocycles. The van der Waals surface area contributed by atoms with Gasteiger partial charge in [0.25, 0.3) is 0 Å². The van der Waals surface area contributed by atoms with Crippen LogP contribution < -0.4 is 0 Å². The predicted molar refractivity (Wildman–Crippen MR) is 92.2 cm³/mol. The van der Waals surface area contributed by atoms with Gasteiger partial charge < -0.3 is 5.11 Å². The molecule has 0 bridgehead atoms. The molecule has 1 aliphatic rings. The van der Waals surface area contributed by atoms with E-state index < -0.39 is 12.0 Å². The molecule has 1 aromatic heterocycles. The average molecular weight is 375 g/mol. The number of carboxylic acid groups (broad SMARTS) is 1.